The van der Waals surface area contributed by atoms with Gasteiger partial charge in [0.1, 0.15) is 18.4 Å². The fourth-order valence-corrected chi connectivity index (χ4v) is 4.98. The van der Waals surface area contributed by atoms with Gasteiger partial charge in [-0.05, 0) is 61.1 Å². The van der Waals surface area contributed by atoms with Crippen molar-refractivity contribution in [2.24, 2.45) is 0 Å². The molecule has 1 aliphatic heterocycles. The summed E-state index contributed by atoms with van der Waals surface area (Å²) in [6.45, 7) is 1.56. The van der Waals surface area contributed by atoms with Crippen LogP contribution in [0.5, 0.6) is 5.75 Å². The van der Waals surface area contributed by atoms with Crippen molar-refractivity contribution < 1.29 is 9.53 Å². The third-order valence-corrected chi connectivity index (χ3v) is 7.27. The summed E-state index contributed by atoms with van der Waals surface area (Å²) < 4.78 is 6.03. The largest absolute Gasteiger partial charge is 0.487 e. The Morgan fingerprint density at radius 2 is 1.86 bits per heavy atom. The lowest BCUT2D eigenvalue weighted by Crippen LogP contribution is -2.54. The first-order valence-electron chi connectivity index (χ1n) is 12.9. The molecule has 1 aromatic heterocycles. The molecule has 0 bridgehead atoms. The number of anilines is 1. The van der Waals surface area contributed by atoms with Gasteiger partial charge in [-0.1, -0.05) is 55.7 Å². The number of pyridine rings is 1. The molecule has 184 valence electrons. The van der Waals surface area contributed by atoms with Crippen molar-refractivity contribution in [2.75, 3.05) is 11.4 Å². The van der Waals surface area contributed by atoms with Gasteiger partial charge < -0.3 is 15.0 Å². The highest BCUT2D eigenvalue weighted by atomic mass is 16.5. The predicted octanol–water partition coefficient (Wildman–Crippen LogP) is 5.48. The van der Waals surface area contributed by atoms with Gasteiger partial charge in [0, 0.05) is 18.0 Å². The van der Waals surface area contributed by atoms with E-state index >= 15 is 0 Å². The highest BCUT2D eigenvalue weighted by molar-refractivity contribution is 5.97. The molecule has 0 unspecified atom stereocenters. The van der Waals surface area contributed by atoms with Gasteiger partial charge in [0.2, 0.25) is 5.91 Å². The summed E-state index contributed by atoms with van der Waals surface area (Å²) in [5.74, 6) is 1.08. The number of nitrogens with one attached hydrogen (secondary N) is 1. The normalized spacial score (nSPS) is 17.6. The van der Waals surface area contributed by atoms with Crippen LogP contribution in [0.25, 0.3) is 0 Å². The molecule has 36 heavy (non-hydrogen) atoms. The van der Waals surface area contributed by atoms with E-state index < -0.39 is 0 Å². The van der Waals surface area contributed by atoms with E-state index in [0.717, 1.165) is 24.2 Å². The molecule has 6 heteroatoms. The molecule has 5 rings (SSSR count). The number of carbonyl (C=O) groups excluding carboxylic acids is 1. The number of hydrogen-bond donors (Lipinski definition) is 1. The fourth-order valence-electron chi connectivity index (χ4n) is 4.98. The van der Waals surface area contributed by atoms with Gasteiger partial charge in [-0.15, -0.1) is 0 Å². The van der Waals surface area contributed by atoms with Crippen molar-refractivity contribution in [2.45, 2.75) is 63.6 Å². The number of nitriles is 1. The molecule has 1 saturated heterocycles. The molecule has 2 aromatic carbocycles. The van der Waals surface area contributed by atoms with Crippen LogP contribution in [0.1, 0.15) is 66.8 Å². The Morgan fingerprint density at radius 1 is 1.06 bits per heavy atom. The second-order valence-electron chi connectivity index (χ2n) is 9.70. The average molecular weight is 481 g/mol. The number of amides is 1. The molecule has 2 fully saturated rings. The van der Waals surface area contributed by atoms with Crippen LogP contribution in [-0.4, -0.2) is 23.5 Å². The van der Waals surface area contributed by atoms with Gasteiger partial charge in [-0.3, -0.25) is 9.78 Å². The van der Waals surface area contributed by atoms with Crippen molar-refractivity contribution >= 4 is 11.6 Å². The van der Waals surface area contributed by atoms with E-state index in [0.29, 0.717) is 36.1 Å². The van der Waals surface area contributed by atoms with Crippen LogP contribution in [0.2, 0.25) is 0 Å². The quantitative estimate of drug-likeness (QED) is 0.462. The zero-order valence-electron chi connectivity index (χ0n) is 20.5. The minimum Gasteiger partial charge on any atom is -0.487 e. The van der Waals surface area contributed by atoms with Crippen molar-refractivity contribution in [3.05, 3.63) is 89.2 Å². The van der Waals surface area contributed by atoms with Crippen LogP contribution in [0.15, 0.2) is 66.9 Å². The lowest BCUT2D eigenvalue weighted by molar-refractivity contribution is -0.122. The van der Waals surface area contributed by atoms with Gasteiger partial charge in [0.15, 0.2) is 0 Å². The number of aromatic nitrogens is 1. The first-order chi connectivity index (χ1) is 17.7. The van der Waals surface area contributed by atoms with E-state index in [2.05, 4.69) is 23.5 Å². The molecule has 1 N–H and O–H groups in total. The summed E-state index contributed by atoms with van der Waals surface area (Å²) in [7, 11) is 0. The van der Waals surface area contributed by atoms with Gasteiger partial charge in [0.05, 0.1) is 23.8 Å². The second-order valence-corrected chi connectivity index (χ2v) is 9.70. The van der Waals surface area contributed by atoms with Gasteiger partial charge in [-0.2, -0.15) is 5.26 Å². The summed E-state index contributed by atoms with van der Waals surface area (Å²) in [5, 5.41) is 12.8. The maximum atomic E-state index is 13.4. The van der Waals surface area contributed by atoms with Crippen molar-refractivity contribution in [1.29, 1.82) is 5.26 Å². The summed E-state index contributed by atoms with van der Waals surface area (Å²) in [6, 6.07) is 21.4. The SMILES string of the molecule is N#Cc1ccc(N(Cc2ccc(C3CCCCC3)cn2)C(=O)[C@H]2CCN2)cc1OCc1ccccc1. The van der Waals surface area contributed by atoms with E-state index in [-0.39, 0.29) is 11.9 Å². The maximum Gasteiger partial charge on any atom is 0.244 e. The highest BCUT2D eigenvalue weighted by Crippen LogP contribution is 2.33. The molecule has 1 amide bonds. The Balaban J connectivity index is 1.38. The van der Waals surface area contributed by atoms with Crippen LogP contribution in [-0.2, 0) is 17.9 Å². The third-order valence-electron chi connectivity index (χ3n) is 7.27. The van der Waals surface area contributed by atoms with Crippen molar-refractivity contribution in [1.82, 2.24) is 10.3 Å². The van der Waals surface area contributed by atoms with E-state index in [1.165, 1.54) is 37.7 Å². The third kappa shape index (κ3) is 5.58. The van der Waals surface area contributed by atoms with Crippen LogP contribution < -0.4 is 15.0 Å². The smallest absolute Gasteiger partial charge is 0.244 e. The number of benzene rings is 2. The Kier molecular flexibility index (Phi) is 7.58. The summed E-state index contributed by atoms with van der Waals surface area (Å²) >= 11 is 0. The minimum atomic E-state index is -0.198. The zero-order chi connectivity index (χ0) is 24.7. The van der Waals surface area contributed by atoms with Gasteiger partial charge >= 0.3 is 0 Å². The number of hydrogen-bond acceptors (Lipinski definition) is 5. The standard InChI is InChI=1S/C30H32N4O2/c31-18-24-12-14-27(17-29(24)36-21-22-7-3-1-4-8-22)34(30(35)28-15-16-32-28)20-26-13-11-25(19-33-26)23-9-5-2-6-10-23/h1,3-4,7-8,11-14,17,19,23,28,32H,2,5-6,9-10,15-16,20-21H2/t28-/m1/s1. The second kappa shape index (κ2) is 11.4. The molecule has 1 atom stereocenters. The zero-order valence-corrected chi connectivity index (χ0v) is 20.5. The van der Waals surface area contributed by atoms with Gasteiger partial charge in [-0.25, -0.2) is 0 Å². The van der Waals surface area contributed by atoms with E-state index in [1.54, 1.807) is 17.0 Å². The molecular formula is C30H32N4O2. The van der Waals surface area contributed by atoms with Crippen LogP contribution in [0.3, 0.4) is 0 Å². The van der Waals surface area contributed by atoms with E-state index in [4.69, 9.17) is 9.72 Å². The average Bonchev–Trinajstić information content (AvgIpc) is 2.91. The van der Waals surface area contributed by atoms with Crippen LogP contribution in [0.4, 0.5) is 5.69 Å². The lowest BCUT2D eigenvalue weighted by Gasteiger charge is -2.33. The monoisotopic (exact) mass is 480 g/mol. The highest BCUT2D eigenvalue weighted by Gasteiger charge is 2.30. The summed E-state index contributed by atoms with van der Waals surface area (Å²) in [4.78, 5) is 19.9. The number of rotatable bonds is 8. The van der Waals surface area contributed by atoms with Crippen molar-refractivity contribution in [3.63, 3.8) is 0 Å². The topological polar surface area (TPSA) is 78.2 Å². The van der Waals surface area contributed by atoms with E-state index in [1.807, 2.05) is 42.6 Å². The Morgan fingerprint density at radius 3 is 2.53 bits per heavy atom. The lowest BCUT2D eigenvalue weighted by atomic mass is 9.85. The van der Waals surface area contributed by atoms with Gasteiger partial charge in [0.25, 0.3) is 0 Å². The Labute approximate surface area is 212 Å². The van der Waals surface area contributed by atoms with Crippen LogP contribution in [0, 0.1) is 11.3 Å². The number of carbonyl (C=O) groups is 1. The molecule has 3 aromatic rings. The Hall–Kier alpha value is -3.69. The first kappa shape index (κ1) is 24.0. The molecule has 0 radical (unpaired) electrons. The maximum absolute atomic E-state index is 13.4. The molecule has 2 aliphatic rings. The summed E-state index contributed by atoms with van der Waals surface area (Å²) in [6.07, 6.45) is 9.18. The molecule has 0 spiro atoms. The molecular weight excluding hydrogens is 448 g/mol. The fraction of sp³-hybridized carbons (Fsp3) is 0.367. The minimum absolute atomic E-state index is 0.0122. The van der Waals surface area contributed by atoms with Crippen LogP contribution >= 0.6 is 0 Å². The molecule has 2 heterocycles. The molecule has 1 saturated carbocycles. The first-order valence-corrected chi connectivity index (χ1v) is 12.9. The Bertz CT molecular complexity index is 1210. The van der Waals surface area contributed by atoms with Crippen molar-refractivity contribution in [3.8, 4) is 11.8 Å². The number of nitrogens with zero attached hydrogens (tertiary/aromatic N) is 3. The molecule has 6 nitrogen and oxygen atoms in total. The predicted molar refractivity (Wildman–Crippen MR) is 140 cm³/mol. The number of ether oxygens (including phenoxy) is 1. The summed E-state index contributed by atoms with van der Waals surface area (Å²) in [5.41, 5.74) is 4.30. The van der Waals surface area contributed by atoms with E-state index in [9.17, 15) is 10.1 Å². The molecule has 1 aliphatic carbocycles.